The summed E-state index contributed by atoms with van der Waals surface area (Å²) in [4.78, 5) is 23.9. The van der Waals surface area contributed by atoms with Crippen LogP contribution >= 0.6 is 0 Å². The number of nitrogens with two attached hydrogens (primary N) is 1. The number of carbonyl (C=O) groups is 2. The van der Waals surface area contributed by atoms with Gasteiger partial charge in [0.2, 0.25) is 0 Å². The molecule has 1 aromatic rings. The first-order valence-corrected chi connectivity index (χ1v) is 8.10. The number of sulfonamides is 1. The zero-order valence-corrected chi connectivity index (χ0v) is 13.5. The molecular formula is C13H18N4O5S. The van der Waals surface area contributed by atoms with Crippen molar-refractivity contribution in [3.8, 4) is 0 Å². The molecular weight excluding hydrogens is 324 g/mol. The lowest BCUT2D eigenvalue weighted by molar-refractivity contribution is -0.141. The van der Waals surface area contributed by atoms with Crippen LogP contribution in [0.2, 0.25) is 0 Å². The van der Waals surface area contributed by atoms with Crippen molar-refractivity contribution >= 4 is 33.4 Å². The predicted molar refractivity (Wildman–Crippen MR) is 84.3 cm³/mol. The van der Waals surface area contributed by atoms with Gasteiger partial charge in [0, 0.05) is 11.4 Å². The van der Waals surface area contributed by atoms with Crippen LogP contribution in [0.1, 0.15) is 20.3 Å². The van der Waals surface area contributed by atoms with Crippen LogP contribution in [0.15, 0.2) is 34.3 Å². The van der Waals surface area contributed by atoms with E-state index in [1.165, 1.54) is 31.2 Å². The molecule has 9 nitrogen and oxygen atoms in total. The topological polar surface area (TPSA) is 140 Å². The highest BCUT2D eigenvalue weighted by Crippen LogP contribution is 2.13. The number of nitrogens with one attached hydrogen (secondary N) is 2. The van der Waals surface area contributed by atoms with Crippen molar-refractivity contribution in [2.75, 3.05) is 11.9 Å². The number of urea groups is 1. The molecule has 0 aromatic heterocycles. The van der Waals surface area contributed by atoms with E-state index >= 15 is 0 Å². The van der Waals surface area contributed by atoms with Crippen molar-refractivity contribution in [2.45, 2.75) is 25.2 Å². The summed E-state index contributed by atoms with van der Waals surface area (Å²) in [5.74, 6) is -0.491. The normalized spacial score (nSPS) is 11.7. The van der Waals surface area contributed by atoms with E-state index in [1.807, 2.05) is 4.83 Å². The van der Waals surface area contributed by atoms with Crippen LogP contribution in [0.5, 0.6) is 0 Å². The number of amides is 2. The van der Waals surface area contributed by atoms with Gasteiger partial charge in [0.15, 0.2) is 0 Å². The molecule has 0 unspecified atom stereocenters. The Morgan fingerprint density at radius 2 is 1.87 bits per heavy atom. The second-order valence-electron chi connectivity index (χ2n) is 4.44. The lowest BCUT2D eigenvalue weighted by Crippen LogP contribution is -2.21. The molecule has 0 heterocycles. The third kappa shape index (κ3) is 6.34. The van der Waals surface area contributed by atoms with E-state index < -0.39 is 22.0 Å². The number of anilines is 1. The lowest BCUT2D eigenvalue weighted by atomic mass is 10.3. The van der Waals surface area contributed by atoms with E-state index in [9.17, 15) is 18.0 Å². The van der Waals surface area contributed by atoms with Crippen LogP contribution in [0, 0.1) is 0 Å². The maximum absolute atomic E-state index is 12.0. The van der Waals surface area contributed by atoms with Gasteiger partial charge in [-0.1, -0.05) is 0 Å². The molecule has 0 fully saturated rings. The Kier molecular flexibility index (Phi) is 6.51. The molecule has 1 rings (SSSR count). The molecule has 10 heteroatoms. The highest BCUT2D eigenvalue weighted by Gasteiger charge is 2.13. The Morgan fingerprint density at radius 1 is 1.26 bits per heavy atom. The Balaban J connectivity index is 2.75. The first-order chi connectivity index (χ1) is 10.7. The van der Waals surface area contributed by atoms with Crippen LogP contribution in [0.4, 0.5) is 10.5 Å². The molecule has 0 spiro atoms. The zero-order valence-electron chi connectivity index (χ0n) is 12.7. The van der Waals surface area contributed by atoms with Crippen LogP contribution < -0.4 is 15.9 Å². The third-order valence-corrected chi connectivity index (χ3v) is 3.72. The molecule has 23 heavy (non-hydrogen) atoms. The van der Waals surface area contributed by atoms with Gasteiger partial charge in [-0.25, -0.2) is 9.63 Å². The maximum Gasteiger partial charge on any atom is 0.316 e. The van der Waals surface area contributed by atoms with Crippen molar-refractivity contribution in [2.24, 2.45) is 10.8 Å². The first-order valence-electron chi connectivity index (χ1n) is 6.61. The summed E-state index contributed by atoms with van der Waals surface area (Å²) in [6.45, 7) is 3.41. The maximum atomic E-state index is 12.0. The number of nitrogens with zero attached hydrogens (tertiary/aromatic N) is 1. The summed E-state index contributed by atoms with van der Waals surface area (Å²) in [5, 5.41) is 5.97. The minimum atomic E-state index is -3.88. The molecule has 4 N–H and O–H groups in total. The fourth-order valence-corrected chi connectivity index (χ4v) is 2.39. The van der Waals surface area contributed by atoms with Crippen molar-refractivity contribution in [1.82, 2.24) is 4.83 Å². The van der Waals surface area contributed by atoms with Gasteiger partial charge in [-0.3, -0.25) is 4.79 Å². The Bertz CT molecular complexity index is 698. The quantitative estimate of drug-likeness (QED) is 0.382. The predicted octanol–water partition coefficient (Wildman–Crippen LogP) is 0.785. The third-order valence-electron chi connectivity index (χ3n) is 2.49. The molecule has 2 amide bonds. The summed E-state index contributed by atoms with van der Waals surface area (Å²) in [5.41, 5.74) is 5.58. The fraction of sp³-hybridized carbons (Fsp3) is 0.308. The van der Waals surface area contributed by atoms with Crippen LogP contribution in [0.25, 0.3) is 0 Å². The average molecular weight is 342 g/mol. The molecule has 1 aromatic carbocycles. The SMILES string of the molecule is CCOC(=O)C/C(C)=N/NS(=O)(=O)c1ccc(NC(N)=O)cc1. The van der Waals surface area contributed by atoms with Gasteiger partial charge in [0.25, 0.3) is 10.0 Å². The first kappa shape index (κ1) is 18.4. The number of hydrogen-bond acceptors (Lipinski definition) is 6. The monoisotopic (exact) mass is 342 g/mol. The van der Waals surface area contributed by atoms with Crippen molar-refractivity contribution < 1.29 is 22.7 Å². The van der Waals surface area contributed by atoms with Gasteiger partial charge < -0.3 is 15.8 Å². The minimum absolute atomic E-state index is 0.0554. The van der Waals surface area contributed by atoms with E-state index in [-0.39, 0.29) is 23.6 Å². The van der Waals surface area contributed by atoms with Gasteiger partial charge in [0.05, 0.1) is 17.9 Å². The second kappa shape index (κ2) is 8.13. The lowest BCUT2D eigenvalue weighted by Gasteiger charge is -2.06. The van der Waals surface area contributed by atoms with Crippen LogP contribution in [-0.2, 0) is 19.6 Å². The molecule has 0 saturated heterocycles. The number of benzene rings is 1. The molecule has 126 valence electrons. The van der Waals surface area contributed by atoms with E-state index in [0.717, 1.165) is 0 Å². The highest BCUT2D eigenvalue weighted by molar-refractivity contribution is 7.89. The Hall–Kier alpha value is -2.62. The van der Waals surface area contributed by atoms with Gasteiger partial charge in [-0.2, -0.15) is 13.5 Å². The molecule has 0 saturated carbocycles. The van der Waals surface area contributed by atoms with Crippen LogP contribution in [-0.4, -0.2) is 32.7 Å². The van der Waals surface area contributed by atoms with E-state index in [1.54, 1.807) is 6.92 Å². The van der Waals surface area contributed by atoms with Gasteiger partial charge >= 0.3 is 12.0 Å². The zero-order chi connectivity index (χ0) is 17.5. The summed E-state index contributed by atoms with van der Waals surface area (Å²) in [7, 11) is -3.88. The number of carbonyl (C=O) groups excluding carboxylic acids is 2. The number of ether oxygens (including phenoxy) is 1. The summed E-state index contributed by atoms with van der Waals surface area (Å²) >= 11 is 0. The fourth-order valence-electron chi connectivity index (χ4n) is 1.51. The molecule has 0 bridgehead atoms. The molecule has 0 aliphatic rings. The Morgan fingerprint density at radius 3 is 2.39 bits per heavy atom. The van der Waals surface area contributed by atoms with Gasteiger partial charge in [-0.15, -0.1) is 0 Å². The summed E-state index contributed by atoms with van der Waals surface area (Å²) in [6, 6.07) is 4.58. The van der Waals surface area contributed by atoms with Gasteiger partial charge in [-0.05, 0) is 38.1 Å². The number of hydrogen-bond donors (Lipinski definition) is 3. The van der Waals surface area contributed by atoms with E-state index in [4.69, 9.17) is 10.5 Å². The van der Waals surface area contributed by atoms with Crippen molar-refractivity contribution in [3.05, 3.63) is 24.3 Å². The number of esters is 1. The van der Waals surface area contributed by atoms with Crippen molar-refractivity contribution in [1.29, 1.82) is 0 Å². The van der Waals surface area contributed by atoms with E-state index in [2.05, 4.69) is 10.4 Å². The van der Waals surface area contributed by atoms with E-state index in [0.29, 0.717) is 5.69 Å². The van der Waals surface area contributed by atoms with Crippen molar-refractivity contribution in [3.63, 3.8) is 0 Å². The Labute approximate surface area is 133 Å². The molecule has 0 atom stereocenters. The minimum Gasteiger partial charge on any atom is -0.466 e. The van der Waals surface area contributed by atoms with Crippen LogP contribution in [0.3, 0.4) is 0 Å². The smallest absolute Gasteiger partial charge is 0.316 e. The van der Waals surface area contributed by atoms with Gasteiger partial charge in [0.1, 0.15) is 0 Å². The second-order valence-corrected chi connectivity index (χ2v) is 6.10. The largest absolute Gasteiger partial charge is 0.466 e. The number of rotatable bonds is 7. The number of hydrazone groups is 1. The molecule has 0 radical (unpaired) electrons. The molecule has 0 aliphatic carbocycles. The average Bonchev–Trinajstić information content (AvgIpc) is 2.45. The standard InChI is InChI=1S/C13H18N4O5S/c1-3-22-12(18)8-9(2)16-17-23(20,21)11-6-4-10(5-7-11)15-13(14)19/h4-7,17H,3,8H2,1-2H3,(H3,14,15,19)/b16-9+. The summed E-state index contributed by atoms with van der Waals surface area (Å²) < 4.78 is 28.8. The number of primary amides is 1. The summed E-state index contributed by atoms with van der Waals surface area (Å²) in [6.07, 6.45) is -0.113. The molecule has 0 aliphatic heterocycles. The highest BCUT2D eigenvalue weighted by atomic mass is 32.2.